The topological polar surface area (TPSA) is 9.23 Å². The summed E-state index contributed by atoms with van der Waals surface area (Å²) >= 11 is 0. The Morgan fingerprint density at radius 3 is 2.10 bits per heavy atom. The number of hydrogen-bond donors (Lipinski definition) is 0. The van der Waals surface area contributed by atoms with Crippen LogP contribution in [-0.2, 0) is 4.74 Å². The molecule has 0 amide bonds. The molecule has 0 aromatic rings. The van der Waals surface area contributed by atoms with E-state index < -0.39 is 32.5 Å². The van der Waals surface area contributed by atoms with Gasteiger partial charge < -0.3 is 4.74 Å². The molecule has 0 saturated carbocycles. The van der Waals surface area contributed by atoms with Crippen molar-refractivity contribution >= 4 is 0 Å². The molecule has 0 saturated heterocycles. The smallest absolute Gasteiger partial charge is 0.318 e. The number of hydrogen-bond acceptors (Lipinski definition) is 1. The molecule has 0 bridgehead atoms. The number of rotatable bonds is 5. The Bertz CT molecular complexity index is 85.7. The van der Waals surface area contributed by atoms with E-state index in [9.17, 15) is 17.6 Å². The summed E-state index contributed by atoms with van der Waals surface area (Å²) in [7, 11) is 0. The van der Waals surface area contributed by atoms with Gasteiger partial charge >= 0.3 is 6.11 Å². The summed E-state index contributed by atoms with van der Waals surface area (Å²) in [6.07, 6.45) is -4.52. The fourth-order valence-electron chi connectivity index (χ4n) is 0.370. The van der Waals surface area contributed by atoms with Crippen molar-refractivity contribution in [1.29, 1.82) is 0 Å². The Labute approximate surface area is 56.0 Å². The van der Waals surface area contributed by atoms with Gasteiger partial charge in [0.2, 0.25) is 0 Å². The Kier molecular flexibility index (Phi) is 4.34. The van der Waals surface area contributed by atoms with Gasteiger partial charge in [-0.1, -0.05) is 0 Å². The highest BCUT2D eigenvalue weighted by Crippen LogP contribution is 2.19. The lowest BCUT2D eigenvalue weighted by Crippen LogP contribution is -2.22. The van der Waals surface area contributed by atoms with E-state index in [2.05, 4.69) is 4.74 Å². The summed E-state index contributed by atoms with van der Waals surface area (Å²) in [6, 6.07) is 0. The minimum absolute atomic E-state index is 0.688. The molecule has 0 aliphatic rings. The van der Waals surface area contributed by atoms with Crippen LogP contribution in [0.3, 0.4) is 0 Å². The van der Waals surface area contributed by atoms with Gasteiger partial charge in [0.15, 0.2) is 0 Å². The summed E-state index contributed by atoms with van der Waals surface area (Å²) in [5.41, 5.74) is 0. The predicted octanol–water partition coefficient (Wildman–Crippen LogP) is 1.92. The lowest BCUT2D eigenvalue weighted by atomic mass is 10.4. The zero-order valence-corrected chi connectivity index (χ0v) is 5.25. The highest BCUT2D eigenvalue weighted by molar-refractivity contribution is 4.50. The van der Waals surface area contributed by atoms with E-state index in [1.165, 1.54) is 0 Å². The van der Waals surface area contributed by atoms with Crippen molar-refractivity contribution in [1.82, 2.24) is 0 Å². The summed E-state index contributed by atoms with van der Waals surface area (Å²) in [5.74, 6) is 0. The van der Waals surface area contributed by atoms with Crippen LogP contribution >= 0.6 is 0 Å². The van der Waals surface area contributed by atoms with Crippen LogP contribution in [0.25, 0.3) is 0 Å². The van der Waals surface area contributed by atoms with Gasteiger partial charge in [-0.05, 0) is 0 Å². The molecule has 62 valence electrons. The molecule has 0 aromatic carbocycles. The first-order valence-corrected chi connectivity index (χ1v) is 2.76. The van der Waals surface area contributed by atoms with Crippen LogP contribution < -0.4 is 0 Å². The summed E-state index contributed by atoms with van der Waals surface area (Å²) in [4.78, 5) is 0. The van der Waals surface area contributed by atoms with E-state index in [-0.39, 0.29) is 0 Å². The first-order valence-electron chi connectivity index (χ1n) is 2.76. The maximum atomic E-state index is 12.0. The van der Waals surface area contributed by atoms with Crippen molar-refractivity contribution < 1.29 is 22.3 Å². The van der Waals surface area contributed by atoms with Gasteiger partial charge in [0.25, 0.3) is 0 Å². The lowest BCUT2D eigenvalue weighted by molar-refractivity contribution is -0.244. The molecule has 1 nitrogen and oxygen atoms in total. The molecular weight excluding hydrogens is 152 g/mol. The Morgan fingerprint density at radius 2 is 1.70 bits per heavy atom. The van der Waals surface area contributed by atoms with E-state index >= 15 is 0 Å². The molecule has 0 aliphatic carbocycles. The number of alkyl halides is 4. The number of ether oxygens (including phenoxy) is 1. The monoisotopic (exact) mass is 160 g/mol. The van der Waals surface area contributed by atoms with Crippen molar-refractivity contribution in [3.05, 3.63) is 0 Å². The standard InChI is InChI=1S/C5H8F4O/c6-2-1-5(8,9)10-4-3-7/h1-4H2. The van der Waals surface area contributed by atoms with Gasteiger partial charge in [0.05, 0.1) is 19.7 Å². The van der Waals surface area contributed by atoms with Gasteiger partial charge in [-0.2, -0.15) is 8.78 Å². The second-order valence-electron chi connectivity index (χ2n) is 1.61. The van der Waals surface area contributed by atoms with Gasteiger partial charge in [-0.25, -0.2) is 4.39 Å². The molecule has 0 spiro atoms. The van der Waals surface area contributed by atoms with E-state index in [0.29, 0.717) is 0 Å². The molecule has 10 heavy (non-hydrogen) atoms. The van der Waals surface area contributed by atoms with Crippen LogP contribution in [0.15, 0.2) is 0 Å². The third kappa shape index (κ3) is 4.55. The largest absolute Gasteiger partial charge is 0.358 e. The summed E-state index contributed by atoms with van der Waals surface area (Å²) in [6.45, 7) is -2.84. The van der Waals surface area contributed by atoms with Crippen LogP contribution in [0.1, 0.15) is 6.42 Å². The molecule has 0 rings (SSSR count). The van der Waals surface area contributed by atoms with Crippen molar-refractivity contribution in [2.24, 2.45) is 0 Å². The van der Waals surface area contributed by atoms with Crippen molar-refractivity contribution in [3.8, 4) is 0 Å². The SMILES string of the molecule is FCCOC(F)(F)CCF. The van der Waals surface area contributed by atoms with Crippen LogP contribution in [0.4, 0.5) is 17.6 Å². The molecule has 0 aliphatic heterocycles. The van der Waals surface area contributed by atoms with Crippen LogP contribution in [-0.4, -0.2) is 26.1 Å². The molecule has 0 radical (unpaired) electrons. The minimum Gasteiger partial charge on any atom is -0.318 e. The van der Waals surface area contributed by atoms with E-state index in [0.717, 1.165) is 0 Å². The molecule has 5 heteroatoms. The van der Waals surface area contributed by atoms with Crippen LogP contribution in [0.2, 0.25) is 0 Å². The lowest BCUT2D eigenvalue weighted by Gasteiger charge is -2.13. The molecule has 0 heterocycles. The molecule has 0 N–H and O–H groups in total. The molecular formula is C5H8F4O. The quantitative estimate of drug-likeness (QED) is 0.558. The third-order valence-electron chi connectivity index (χ3n) is 0.776. The second-order valence-corrected chi connectivity index (χ2v) is 1.61. The Hall–Kier alpha value is -0.320. The van der Waals surface area contributed by atoms with E-state index in [4.69, 9.17) is 0 Å². The molecule has 0 fully saturated rings. The fraction of sp³-hybridized carbons (Fsp3) is 1.00. The third-order valence-corrected chi connectivity index (χ3v) is 0.776. The highest BCUT2D eigenvalue weighted by Gasteiger charge is 2.28. The maximum absolute atomic E-state index is 12.0. The highest BCUT2D eigenvalue weighted by atomic mass is 19.3. The maximum Gasteiger partial charge on any atom is 0.358 e. The second kappa shape index (κ2) is 4.49. The van der Waals surface area contributed by atoms with E-state index in [1.54, 1.807) is 0 Å². The predicted molar refractivity (Wildman–Crippen MR) is 27.5 cm³/mol. The molecule has 0 unspecified atom stereocenters. The van der Waals surface area contributed by atoms with Crippen molar-refractivity contribution in [3.63, 3.8) is 0 Å². The normalized spacial score (nSPS) is 12.0. The van der Waals surface area contributed by atoms with Gasteiger partial charge in [-0.15, -0.1) is 0 Å². The Balaban J connectivity index is 3.42. The zero-order chi connectivity index (χ0) is 8.04. The van der Waals surface area contributed by atoms with Crippen LogP contribution in [0.5, 0.6) is 0 Å². The summed E-state index contributed by atoms with van der Waals surface area (Å²) < 4.78 is 50.1. The average Bonchev–Trinajstić information content (AvgIpc) is 1.84. The molecule has 0 atom stereocenters. The van der Waals surface area contributed by atoms with Gasteiger partial charge in [0, 0.05) is 0 Å². The van der Waals surface area contributed by atoms with E-state index in [1.807, 2.05) is 0 Å². The average molecular weight is 160 g/mol. The number of halogens is 4. The minimum atomic E-state index is -3.51. The first kappa shape index (κ1) is 9.68. The first-order chi connectivity index (χ1) is 4.62. The van der Waals surface area contributed by atoms with Gasteiger partial charge in [-0.3, -0.25) is 4.39 Å². The van der Waals surface area contributed by atoms with Crippen LogP contribution in [0, 0.1) is 0 Å². The molecule has 0 aromatic heterocycles. The van der Waals surface area contributed by atoms with Crippen molar-refractivity contribution in [2.75, 3.05) is 20.0 Å². The summed E-state index contributed by atoms with van der Waals surface area (Å²) in [5, 5.41) is 0. The Morgan fingerprint density at radius 1 is 1.10 bits per heavy atom. The zero-order valence-electron chi connectivity index (χ0n) is 5.25. The van der Waals surface area contributed by atoms with Gasteiger partial charge in [0.1, 0.15) is 6.67 Å². The fourth-order valence-corrected chi connectivity index (χ4v) is 0.370. The van der Waals surface area contributed by atoms with Crippen molar-refractivity contribution in [2.45, 2.75) is 12.5 Å².